The number of aromatic nitrogens is 5. The van der Waals surface area contributed by atoms with Crippen LogP contribution in [0.1, 0.15) is 11.9 Å². The standard InChI is InChI=1S/C21H19Cl2N9O/c22-12-1-3-14(16(23)7-12)19-15(20-26-5-6-27-20)9-30-21(31-19)17(25)10-29-18-4-2-13(8-28-18)32(33)11-24/h1-9,11,17,24,33H,10,25H2,(H,26,27)(H,28,29). The summed E-state index contributed by atoms with van der Waals surface area (Å²) in [6, 6.07) is 7.89. The van der Waals surface area contributed by atoms with Crippen molar-refractivity contribution in [2.45, 2.75) is 6.04 Å². The molecular weight excluding hydrogens is 465 g/mol. The van der Waals surface area contributed by atoms with E-state index in [1.54, 1.807) is 48.9 Å². The fourth-order valence-electron chi connectivity index (χ4n) is 3.05. The van der Waals surface area contributed by atoms with Crippen LogP contribution in [-0.2, 0) is 0 Å². The lowest BCUT2D eigenvalue weighted by atomic mass is 10.1. The average molecular weight is 484 g/mol. The van der Waals surface area contributed by atoms with Crippen LogP contribution in [0, 0.1) is 5.41 Å². The molecule has 33 heavy (non-hydrogen) atoms. The summed E-state index contributed by atoms with van der Waals surface area (Å²) in [4.78, 5) is 20.7. The number of halogens is 2. The summed E-state index contributed by atoms with van der Waals surface area (Å²) < 4.78 is 0. The number of pyridine rings is 1. The first-order valence-electron chi connectivity index (χ1n) is 9.72. The lowest BCUT2D eigenvalue weighted by Crippen LogP contribution is -2.23. The van der Waals surface area contributed by atoms with Gasteiger partial charge in [0.05, 0.1) is 34.2 Å². The van der Waals surface area contributed by atoms with Gasteiger partial charge in [-0.15, -0.1) is 0 Å². The summed E-state index contributed by atoms with van der Waals surface area (Å²) >= 11 is 12.5. The minimum Gasteiger partial charge on any atom is -0.368 e. The van der Waals surface area contributed by atoms with Gasteiger partial charge in [-0.25, -0.2) is 25.0 Å². The third-order valence-electron chi connectivity index (χ3n) is 4.72. The van der Waals surface area contributed by atoms with Gasteiger partial charge in [-0.1, -0.05) is 23.2 Å². The number of aromatic amines is 1. The Morgan fingerprint density at radius 1 is 1.15 bits per heavy atom. The number of nitrogens with one attached hydrogen (secondary N) is 3. The molecular formula is C21H19Cl2N9O. The molecule has 1 aromatic carbocycles. The van der Waals surface area contributed by atoms with Crippen LogP contribution < -0.4 is 16.1 Å². The number of nitrogens with zero attached hydrogens (tertiary/aromatic N) is 5. The Morgan fingerprint density at radius 3 is 2.67 bits per heavy atom. The maximum Gasteiger partial charge on any atom is 0.147 e. The number of benzene rings is 1. The molecule has 0 aliphatic rings. The Kier molecular flexibility index (Phi) is 6.80. The molecule has 4 rings (SSSR count). The Bertz CT molecular complexity index is 1250. The molecule has 1 atom stereocenters. The number of rotatable bonds is 8. The van der Waals surface area contributed by atoms with Gasteiger partial charge in [0.15, 0.2) is 0 Å². The molecule has 0 amide bonds. The maximum atomic E-state index is 9.50. The summed E-state index contributed by atoms with van der Waals surface area (Å²) in [6.07, 6.45) is 7.20. The number of nitrogens with two attached hydrogens (primary N) is 1. The third kappa shape index (κ3) is 5.10. The lowest BCUT2D eigenvalue weighted by Gasteiger charge is -2.16. The van der Waals surface area contributed by atoms with Gasteiger partial charge in [0.2, 0.25) is 0 Å². The van der Waals surface area contributed by atoms with E-state index in [0.717, 1.165) is 6.34 Å². The van der Waals surface area contributed by atoms with Gasteiger partial charge in [-0.05, 0) is 30.3 Å². The number of anilines is 2. The van der Waals surface area contributed by atoms with Crippen LogP contribution in [0.4, 0.5) is 11.5 Å². The van der Waals surface area contributed by atoms with Gasteiger partial charge in [-0.3, -0.25) is 10.6 Å². The van der Waals surface area contributed by atoms with Crippen molar-refractivity contribution >= 4 is 41.0 Å². The monoisotopic (exact) mass is 483 g/mol. The molecule has 3 heterocycles. The minimum absolute atomic E-state index is 0.299. The van der Waals surface area contributed by atoms with Crippen molar-refractivity contribution in [2.75, 3.05) is 16.9 Å². The van der Waals surface area contributed by atoms with Crippen molar-refractivity contribution < 1.29 is 5.21 Å². The zero-order valence-electron chi connectivity index (χ0n) is 17.1. The molecule has 0 spiro atoms. The van der Waals surface area contributed by atoms with Gasteiger partial charge in [0.1, 0.15) is 23.8 Å². The Morgan fingerprint density at radius 2 is 2.00 bits per heavy atom. The predicted octanol–water partition coefficient (Wildman–Crippen LogP) is 4.15. The van der Waals surface area contributed by atoms with Crippen molar-refractivity contribution in [3.8, 4) is 22.6 Å². The van der Waals surface area contributed by atoms with Crippen molar-refractivity contribution in [3.05, 3.63) is 71.0 Å². The van der Waals surface area contributed by atoms with E-state index < -0.39 is 6.04 Å². The van der Waals surface area contributed by atoms with Gasteiger partial charge in [-0.2, -0.15) is 0 Å². The minimum atomic E-state index is -0.558. The smallest absolute Gasteiger partial charge is 0.147 e. The molecule has 3 aromatic heterocycles. The molecule has 0 saturated heterocycles. The summed E-state index contributed by atoms with van der Waals surface area (Å²) in [5.41, 5.74) is 8.63. The largest absolute Gasteiger partial charge is 0.368 e. The summed E-state index contributed by atoms with van der Waals surface area (Å²) in [6.45, 7) is 0.299. The fraction of sp³-hybridized carbons (Fsp3) is 0.0952. The van der Waals surface area contributed by atoms with E-state index in [2.05, 4.69) is 25.3 Å². The van der Waals surface area contributed by atoms with Crippen molar-refractivity contribution in [1.82, 2.24) is 24.9 Å². The number of H-pyrrole nitrogens is 1. The van der Waals surface area contributed by atoms with Crippen LogP contribution in [0.3, 0.4) is 0 Å². The highest BCUT2D eigenvalue weighted by atomic mass is 35.5. The lowest BCUT2D eigenvalue weighted by molar-refractivity contribution is 0.316. The molecule has 12 heteroatoms. The van der Waals surface area contributed by atoms with Crippen molar-refractivity contribution in [1.29, 1.82) is 5.41 Å². The van der Waals surface area contributed by atoms with Crippen LogP contribution >= 0.6 is 23.2 Å². The van der Waals surface area contributed by atoms with Crippen LogP contribution in [0.15, 0.2) is 55.1 Å². The number of hydrogen-bond donors (Lipinski definition) is 5. The summed E-state index contributed by atoms with van der Waals surface area (Å²) in [5.74, 6) is 1.54. The van der Waals surface area contributed by atoms with E-state index in [0.29, 0.717) is 61.6 Å². The van der Waals surface area contributed by atoms with Crippen LogP contribution in [0.5, 0.6) is 0 Å². The van der Waals surface area contributed by atoms with E-state index in [4.69, 9.17) is 39.3 Å². The first-order chi connectivity index (χ1) is 16.0. The van der Waals surface area contributed by atoms with E-state index >= 15 is 0 Å². The molecule has 0 radical (unpaired) electrons. The van der Waals surface area contributed by atoms with Crippen LogP contribution in [0.2, 0.25) is 10.0 Å². The molecule has 1 unspecified atom stereocenters. The van der Waals surface area contributed by atoms with E-state index in [9.17, 15) is 5.21 Å². The van der Waals surface area contributed by atoms with Gasteiger partial charge in [0, 0.05) is 35.7 Å². The molecule has 0 aliphatic carbocycles. The first-order valence-corrected chi connectivity index (χ1v) is 10.5. The second-order valence-corrected chi connectivity index (χ2v) is 7.76. The zero-order chi connectivity index (χ0) is 23.4. The molecule has 0 bridgehead atoms. The Labute approximate surface area is 198 Å². The molecule has 0 fully saturated rings. The van der Waals surface area contributed by atoms with Crippen molar-refractivity contribution in [3.63, 3.8) is 0 Å². The molecule has 4 aromatic rings. The van der Waals surface area contributed by atoms with Crippen molar-refractivity contribution in [2.24, 2.45) is 5.73 Å². The van der Waals surface area contributed by atoms with Gasteiger partial charge < -0.3 is 16.0 Å². The summed E-state index contributed by atoms with van der Waals surface area (Å²) in [5, 5.41) is 21.3. The average Bonchev–Trinajstić information content (AvgIpc) is 3.37. The molecule has 168 valence electrons. The highest BCUT2D eigenvalue weighted by molar-refractivity contribution is 6.36. The summed E-state index contributed by atoms with van der Waals surface area (Å²) in [7, 11) is 0. The molecule has 10 nitrogen and oxygen atoms in total. The van der Waals surface area contributed by atoms with Crippen LogP contribution in [-0.4, -0.2) is 43.0 Å². The van der Waals surface area contributed by atoms with Gasteiger partial charge >= 0.3 is 0 Å². The Hall–Kier alpha value is -3.57. The molecule has 0 aliphatic heterocycles. The quantitative estimate of drug-likeness (QED) is 0.142. The van der Waals surface area contributed by atoms with E-state index in [1.165, 1.54) is 6.20 Å². The first kappa shape index (κ1) is 22.6. The van der Waals surface area contributed by atoms with E-state index in [1.807, 2.05) is 0 Å². The van der Waals surface area contributed by atoms with E-state index in [-0.39, 0.29) is 0 Å². The molecule has 6 N–H and O–H groups in total. The Balaban J connectivity index is 1.59. The SMILES string of the molecule is N=CN(O)c1ccc(NCC(N)c2ncc(-c3ncc[nH]3)c(-c3ccc(Cl)cc3Cl)n2)nc1. The second kappa shape index (κ2) is 9.92. The molecule has 0 saturated carbocycles. The topological polar surface area (TPSA) is 153 Å². The van der Waals surface area contributed by atoms with Crippen LogP contribution in [0.25, 0.3) is 22.6 Å². The van der Waals surface area contributed by atoms with Gasteiger partial charge in [0.25, 0.3) is 0 Å². The maximum absolute atomic E-state index is 9.50. The fourth-order valence-corrected chi connectivity index (χ4v) is 3.55. The number of imidazole rings is 1. The normalized spacial score (nSPS) is 11.8. The number of hydroxylamine groups is 1. The highest BCUT2D eigenvalue weighted by Gasteiger charge is 2.19. The predicted molar refractivity (Wildman–Crippen MR) is 128 cm³/mol. The third-order valence-corrected chi connectivity index (χ3v) is 5.26. The highest BCUT2D eigenvalue weighted by Crippen LogP contribution is 2.34. The number of hydrogen-bond acceptors (Lipinski definition) is 8. The second-order valence-electron chi connectivity index (χ2n) is 6.92. The zero-order valence-corrected chi connectivity index (χ0v) is 18.6.